The van der Waals surface area contributed by atoms with Gasteiger partial charge in [0.05, 0.1) is 17.0 Å². The maximum atomic E-state index is 14.5. The Balaban J connectivity index is 1.33. The van der Waals surface area contributed by atoms with Crippen molar-refractivity contribution in [3.05, 3.63) is 130 Å². The number of pyridine rings is 2. The highest BCUT2D eigenvalue weighted by Gasteiger charge is 2.24. The molecule has 11 heteroatoms. The summed E-state index contributed by atoms with van der Waals surface area (Å²) in [6, 6.07) is 20.0. The standard InChI is InChI=1S/C34H26F2N4O5/c35-27-14-25-31(16-29(27)41)45-32-17-30(42)28(36)15-26(32)33(25)23-8-7-20(13-24(23)34(43)44)39-11-12-40(18-21-5-1-3-9-37-21)19-22-6-2-4-10-38-22/h1-10,13-17,39,41H,11-12,18-19H2,(H,43,44). The minimum absolute atomic E-state index is 0.0122. The predicted molar refractivity (Wildman–Crippen MR) is 164 cm³/mol. The molecule has 9 nitrogen and oxygen atoms in total. The van der Waals surface area contributed by atoms with Gasteiger partial charge >= 0.3 is 5.97 Å². The van der Waals surface area contributed by atoms with Crippen molar-refractivity contribution in [3.63, 3.8) is 0 Å². The first-order chi connectivity index (χ1) is 21.8. The van der Waals surface area contributed by atoms with E-state index in [4.69, 9.17) is 4.42 Å². The molecule has 0 bridgehead atoms. The van der Waals surface area contributed by atoms with Gasteiger partial charge in [-0.15, -0.1) is 0 Å². The zero-order valence-electron chi connectivity index (χ0n) is 23.7. The molecule has 0 unspecified atom stereocenters. The molecule has 0 spiro atoms. The summed E-state index contributed by atoms with van der Waals surface area (Å²) in [5.74, 6) is -4.07. The van der Waals surface area contributed by atoms with E-state index >= 15 is 0 Å². The molecule has 1 aliphatic heterocycles. The number of hydrogen-bond acceptors (Lipinski definition) is 8. The van der Waals surface area contributed by atoms with Crippen LogP contribution in [-0.2, 0) is 13.1 Å². The number of rotatable bonds is 10. The minimum atomic E-state index is -1.28. The van der Waals surface area contributed by atoms with Crippen LogP contribution in [0, 0.1) is 11.6 Å². The van der Waals surface area contributed by atoms with Gasteiger partial charge in [0.25, 0.3) is 0 Å². The van der Waals surface area contributed by atoms with Gasteiger partial charge in [0, 0.05) is 72.9 Å². The number of nitrogens with zero attached hydrogens (tertiary/aromatic N) is 3. The molecule has 2 aromatic heterocycles. The lowest BCUT2D eigenvalue weighted by Crippen LogP contribution is -2.29. The first-order valence-corrected chi connectivity index (χ1v) is 14.0. The Morgan fingerprint density at radius 1 is 0.867 bits per heavy atom. The summed E-state index contributed by atoms with van der Waals surface area (Å²) in [6.07, 6.45) is 3.47. The van der Waals surface area contributed by atoms with Gasteiger partial charge in [0.15, 0.2) is 17.4 Å². The highest BCUT2D eigenvalue weighted by molar-refractivity contribution is 6.08. The minimum Gasteiger partial charge on any atom is -0.505 e. The highest BCUT2D eigenvalue weighted by atomic mass is 19.1. The average molecular weight is 609 g/mol. The molecule has 45 heavy (non-hydrogen) atoms. The third-order valence-electron chi connectivity index (χ3n) is 7.34. The van der Waals surface area contributed by atoms with E-state index in [-0.39, 0.29) is 39.0 Å². The number of hydrogen-bond donors (Lipinski definition) is 3. The number of carboxylic acid groups (broad SMARTS) is 1. The Morgan fingerprint density at radius 2 is 1.58 bits per heavy atom. The van der Waals surface area contributed by atoms with Crippen molar-refractivity contribution < 1.29 is 28.2 Å². The number of carbonyl (C=O) groups is 1. The second kappa shape index (κ2) is 12.5. The van der Waals surface area contributed by atoms with Gasteiger partial charge in [0.2, 0.25) is 5.43 Å². The molecule has 4 aromatic rings. The first-order valence-electron chi connectivity index (χ1n) is 14.0. The Labute approximate surface area is 255 Å². The lowest BCUT2D eigenvalue weighted by Gasteiger charge is -2.22. The van der Waals surface area contributed by atoms with Crippen LogP contribution in [-0.4, -0.2) is 44.1 Å². The van der Waals surface area contributed by atoms with Gasteiger partial charge in [-0.2, -0.15) is 0 Å². The molecule has 0 saturated carbocycles. The number of anilines is 1. The highest BCUT2D eigenvalue weighted by Crippen LogP contribution is 2.43. The van der Waals surface area contributed by atoms with Gasteiger partial charge in [-0.05, 0) is 54.1 Å². The molecule has 1 aliphatic carbocycles. The van der Waals surface area contributed by atoms with E-state index < -0.39 is 28.8 Å². The Bertz CT molecular complexity index is 2000. The maximum Gasteiger partial charge on any atom is 0.336 e. The summed E-state index contributed by atoms with van der Waals surface area (Å²) < 4.78 is 34.7. The molecule has 2 aromatic carbocycles. The van der Waals surface area contributed by atoms with E-state index in [1.807, 2.05) is 36.4 Å². The van der Waals surface area contributed by atoms with E-state index in [2.05, 4.69) is 20.2 Å². The SMILES string of the molecule is O=C(O)c1cc(NCCN(Cc2ccccn2)Cc2ccccn2)ccc1-c1c2cc(F)c(=O)cc-2oc2cc(O)c(F)cc12. The zero-order valence-corrected chi connectivity index (χ0v) is 23.7. The number of phenols is 1. The third-order valence-corrected chi connectivity index (χ3v) is 7.34. The summed E-state index contributed by atoms with van der Waals surface area (Å²) in [6.45, 7) is 2.18. The summed E-state index contributed by atoms with van der Waals surface area (Å²) in [5.41, 5.74) is 1.58. The topological polar surface area (TPSA) is 129 Å². The number of phenolic OH excluding ortho intramolecular Hbond substituents is 1. The van der Waals surface area contributed by atoms with Crippen molar-refractivity contribution in [1.29, 1.82) is 0 Å². The van der Waals surface area contributed by atoms with E-state index in [1.165, 1.54) is 12.1 Å². The number of halogens is 2. The van der Waals surface area contributed by atoms with E-state index in [9.17, 15) is 28.6 Å². The number of aromatic carboxylic acids is 1. The van der Waals surface area contributed by atoms with Crippen LogP contribution in [0.1, 0.15) is 21.7 Å². The zero-order chi connectivity index (χ0) is 31.5. The number of aromatic nitrogens is 2. The number of nitrogens with one attached hydrogen (secondary N) is 1. The van der Waals surface area contributed by atoms with Crippen LogP contribution < -0.4 is 10.7 Å². The molecule has 3 N–H and O–H groups in total. The quantitative estimate of drug-likeness (QED) is 0.157. The van der Waals surface area contributed by atoms with Crippen LogP contribution >= 0.6 is 0 Å². The largest absolute Gasteiger partial charge is 0.505 e. The second-order valence-electron chi connectivity index (χ2n) is 10.4. The molecule has 3 heterocycles. The number of fused-ring (bicyclic) bond motifs is 2. The van der Waals surface area contributed by atoms with E-state index in [0.717, 1.165) is 35.7 Å². The molecule has 6 rings (SSSR count). The molecule has 0 saturated heterocycles. The van der Waals surface area contributed by atoms with Gasteiger partial charge in [-0.25, -0.2) is 13.6 Å². The molecule has 0 atom stereocenters. The Morgan fingerprint density at radius 3 is 2.22 bits per heavy atom. The van der Waals surface area contributed by atoms with Crippen LogP contribution in [0.2, 0.25) is 0 Å². The predicted octanol–water partition coefficient (Wildman–Crippen LogP) is 6.15. The monoisotopic (exact) mass is 608 g/mol. The fourth-order valence-corrected chi connectivity index (χ4v) is 5.25. The summed E-state index contributed by atoms with van der Waals surface area (Å²) in [7, 11) is 0. The lowest BCUT2D eigenvalue weighted by atomic mass is 9.90. The number of benzene rings is 3. The molecule has 0 fully saturated rings. The van der Waals surface area contributed by atoms with Crippen LogP contribution in [0.15, 0.2) is 100 Å². The van der Waals surface area contributed by atoms with Gasteiger partial charge in [-0.3, -0.25) is 19.7 Å². The van der Waals surface area contributed by atoms with Gasteiger partial charge < -0.3 is 19.9 Å². The molecule has 226 valence electrons. The van der Waals surface area contributed by atoms with E-state index in [0.29, 0.717) is 31.9 Å². The number of carboxylic acids is 1. The maximum absolute atomic E-state index is 14.5. The van der Waals surface area contributed by atoms with Gasteiger partial charge in [-0.1, -0.05) is 18.2 Å². The van der Waals surface area contributed by atoms with Crippen LogP contribution in [0.25, 0.3) is 33.4 Å². The van der Waals surface area contributed by atoms with Crippen LogP contribution in [0.5, 0.6) is 5.75 Å². The first kappa shape index (κ1) is 29.4. The van der Waals surface area contributed by atoms with Crippen molar-refractivity contribution in [2.45, 2.75) is 13.1 Å². The molecule has 0 amide bonds. The summed E-state index contributed by atoms with van der Waals surface area (Å²) in [4.78, 5) is 35.6. The molecule has 2 aliphatic rings. The third kappa shape index (κ3) is 6.34. The molecular weight excluding hydrogens is 582 g/mol. The molecular formula is C34H26F2N4O5. The second-order valence-corrected chi connectivity index (χ2v) is 10.4. The summed E-state index contributed by atoms with van der Waals surface area (Å²) in [5, 5.41) is 23.5. The van der Waals surface area contributed by atoms with Crippen molar-refractivity contribution >= 4 is 22.6 Å². The number of aromatic hydroxyl groups is 1. The summed E-state index contributed by atoms with van der Waals surface area (Å²) >= 11 is 0. The van der Waals surface area contributed by atoms with E-state index in [1.54, 1.807) is 18.5 Å². The normalized spacial score (nSPS) is 11.4. The average Bonchev–Trinajstić information content (AvgIpc) is 3.03. The Hall–Kier alpha value is -5.68. The van der Waals surface area contributed by atoms with Gasteiger partial charge in [0.1, 0.15) is 11.3 Å². The lowest BCUT2D eigenvalue weighted by molar-refractivity contribution is 0.0697. The van der Waals surface area contributed by atoms with Crippen molar-refractivity contribution in [2.75, 3.05) is 18.4 Å². The smallest absolute Gasteiger partial charge is 0.336 e. The van der Waals surface area contributed by atoms with Crippen molar-refractivity contribution in [2.24, 2.45) is 0 Å². The Kier molecular flexibility index (Phi) is 8.17. The van der Waals surface area contributed by atoms with Crippen molar-refractivity contribution in [3.8, 4) is 28.2 Å². The molecule has 0 radical (unpaired) electrons. The fourth-order valence-electron chi connectivity index (χ4n) is 5.25. The van der Waals surface area contributed by atoms with Crippen molar-refractivity contribution in [1.82, 2.24) is 14.9 Å². The van der Waals surface area contributed by atoms with Crippen LogP contribution in [0.4, 0.5) is 14.5 Å². The van der Waals surface area contributed by atoms with Crippen LogP contribution in [0.3, 0.4) is 0 Å². The fraction of sp³-hybridized carbons (Fsp3) is 0.118.